The lowest BCUT2D eigenvalue weighted by Gasteiger charge is -2.16. The van der Waals surface area contributed by atoms with Crippen molar-refractivity contribution in [3.05, 3.63) is 35.9 Å². The first-order valence-corrected chi connectivity index (χ1v) is 7.74. The molecule has 2 rings (SSSR count). The molecule has 1 aliphatic carbocycles. The van der Waals surface area contributed by atoms with Crippen molar-refractivity contribution < 1.29 is 0 Å². The molecule has 0 amide bonds. The predicted molar refractivity (Wildman–Crippen MR) is 86.2 cm³/mol. The summed E-state index contributed by atoms with van der Waals surface area (Å²) in [6.45, 7) is 9.28. The van der Waals surface area contributed by atoms with Gasteiger partial charge in [0, 0.05) is 18.5 Å². The number of guanidine groups is 1. The van der Waals surface area contributed by atoms with Crippen molar-refractivity contribution >= 4 is 5.96 Å². The van der Waals surface area contributed by atoms with Gasteiger partial charge in [0.1, 0.15) is 0 Å². The SMILES string of the molecule is CCNC(=NCC1(c2ccccc2)CC1)NCC(C)C. The molecule has 3 heteroatoms. The summed E-state index contributed by atoms with van der Waals surface area (Å²) in [7, 11) is 0. The molecule has 20 heavy (non-hydrogen) atoms. The molecular formula is C17H27N3. The van der Waals surface area contributed by atoms with E-state index >= 15 is 0 Å². The minimum absolute atomic E-state index is 0.293. The molecule has 0 atom stereocenters. The van der Waals surface area contributed by atoms with Crippen LogP contribution in [0.25, 0.3) is 0 Å². The van der Waals surface area contributed by atoms with Crippen LogP contribution in [0.3, 0.4) is 0 Å². The standard InChI is InChI=1S/C17H27N3/c1-4-18-16(19-12-14(2)3)20-13-17(10-11-17)15-8-6-5-7-9-15/h5-9,14H,4,10-13H2,1-3H3,(H2,18,19,20). The largest absolute Gasteiger partial charge is 0.357 e. The number of aliphatic imine (C=N–C) groups is 1. The second kappa shape index (κ2) is 6.78. The Hall–Kier alpha value is -1.51. The smallest absolute Gasteiger partial charge is 0.191 e. The quantitative estimate of drug-likeness (QED) is 0.617. The molecule has 1 saturated carbocycles. The van der Waals surface area contributed by atoms with Gasteiger partial charge in [0.15, 0.2) is 5.96 Å². The zero-order valence-corrected chi connectivity index (χ0v) is 12.9. The molecule has 1 aromatic carbocycles. The van der Waals surface area contributed by atoms with Crippen molar-refractivity contribution in [2.75, 3.05) is 19.6 Å². The van der Waals surface area contributed by atoms with Crippen molar-refractivity contribution in [2.24, 2.45) is 10.9 Å². The lowest BCUT2D eigenvalue weighted by molar-refractivity contribution is 0.611. The zero-order chi connectivity index (χ0) is 14.4. The van der Waals surface area contributed by atoms with Gasteiger partial charge < -0.3 is 10.6 Å². The third kappa shape index (κ3) is 3.99. The van der Waals surface area contributed by atoms with E-state index in [-0.39, 0.29) is 0 Å². The molecule has 1 fully saturated rings. The van der Waals surface area contributed by atoms with Gasteiger partial charge in [-0.2, -0.15) is 0 Å². The van der Waals surface area contributed by atoms with Crippen LogP contribution in [0.5, 0.6) is 0 Å². The highest BCUT2D eigenvalue weighted by atomic mass is 15.2. The molecule has 3 nitrogen and oxygen atoms in total. The van der Waals surface area contributed by atoms with Crippen LogP contribution in [0.4, 0.5) is 0 Å². The van der Waals surface area contributed by atoms with Gasteiger partial charge in [0.25, 0.3) is 0 Å². The van der Waals surface area contributed by atoms with E-state index in [1.807, 2.05) is 0 Å². The van der Waals surface area contributed by atoms with E-state index in [1.54, 1.807) is 0 Å². The Kier molecular flexibility index (Phi) is 5.05. The molecule has 0 aromatic heterocycles. The number of hydrogen-bond donors (Lipinski definition) is 2. The number of rotatable bonds is 6. The second-order valence-electron chi connectivity index (χ2n) is 6.12. The molecule has 0 radical (unpaired) electrons. The van der Waals surface area contributed by atoms with Crippen molar-refractivity contribution in [3.8, 4) is 0 Å². The van der Waals surface area contributed by atoms with Gasteiger partial charge in [-0.05, 0) is 31.2 Å². The summed E-state index contributed by atoms with van der Waals surface area (Å²) in [5.74, 6) is 1.58. The fraction of sp³-hybridized carbons (Fsp3) is 0.588. The Bertz CT molecular complexity index is 433. The van der Waals surface area contributed by atoms with Crippen LogP contribution in [0, 0.1) is 5.92 Å². The molecule has 0 bridgehead atoms. The monoisotopic (exact) mass is 273 g/mol. The van der Waals surface area contributed by atoms with Crippen LogP contribution in [0.15, 0.2) is 35.3 Å². The number of benzene rings is 1. The van der Waals surface area contributed by atoms with Crippen LogP contribution in [-0.2, 0) is 5.41 Å². The second-order valence-corrected chi connectivity index (χ2v) is 6.12. The summed E-state index contributed by atoms with van der Waals surface area (Å²) in [6, 6.07) is 10.8. The maximum absolute atomic E-state index is 4.79. The summed E-state index contributed by atoms with van der Waals surface area (Å²) < 4.78 is 0. The van der Waals surface area contributed by atoms with Crippen LogP contribution in [0.1, 0.15) is 39.2 Å². The van der Waals surface area contributed by atoms with Gasteiger partial charge in [-0.1, -0.05) is 44.2 Å². The van der Waals surface area contributed by atoms with Gasteiger partial charge in [-0.3, -0.25) is 4.99 Å². The van der Waals surface area contributed by atoms with Crippen molar-refractivity contribution in [3.63, 3.8) is 0 Å². The van der Waals surface area contributed by atoms with Crippen LogP contribution in [0.2, 0.25) is 0 Å². The van der Waals surface area contributed by atoms with E-state index in [1.165, 1.54) is 18.4 Å². The first-order valence-electron chi connectivity index (χ1n) is 7.74. The summed E-state index contributed by atoms with van der Waals surface area (Å²) in [5, 5.41) is 6.74. The van der Waals surface area contributed by atoms with E-state index in [0.717, 1.165) is 25.6 Å². The topological polar surface area (TPSA) is 36.4 Å². The fourth-order valence-corrected chi connectivity index (χ4v) is 2.35. The summed E-state index contributed by atoms with van der Waals surface area (Å²) in [5.41, 5.74) is 1.73. The molecule has 110 valence electrons. The maximum Gasteiger partial charge on any atom is 0.191 e. The highest BCUT2D eigenvalue weighted by Gasteiger charge is 2.43. The van der Waals surface area contributed by atoms with Crippen LogP contribution in [-0.4, -0.2) is 25.6 Å². The number of hydrogen-bond acceptors (Lipinski definition) is 1. The van der Waals surface area contributed by atoms with Gasteiger partial charge >= 0.3 is 0 Å². The summed E-state index contributed by atoms with van der Waals surface area (Å²) in [6.07, 6.45) is 2.51. The van der Waals surface area contributed by atoms with E-state index in [9.17, 15) is 0 Å². The van der Waals surface area contributed by atoms with Crippen molar-refractivity contribution in [1.29, 1.82) is 0 Å². The fourth-order valence-electron chi connectivity index (χ4n) is 2.35. The van der Waals surface area contributed by atoms with Crippen LogP contribution >= 0.6 is 0 Å². The molecular weight excluding hydrogens is 246 g/mol. The lowest BCUT2D eigenvalue weighted by atomic mass is 9.96. The molecule has 1 aromatic rings. The molecule has 2 N–H and O–H groups in total. The zero-order valence-electron chi connectivity index (χ0n) is 12.9. The third-order valence-corrected chi connectivity index (χ3v) is 3.80. The van der Waals surface area contributed by atoms with E-state index in [4.69, 9.17) is 4.99 Å². The lowest BCUT2D eigenvalue weighted by Crippen LogP contribution is -2.39. The number of nitrogens with one attached hydrogen (secondary N) is 2. The third-order valence-electron chi connectivity index (χ3n) is 3.80. The van der Waals surface area contributed by atoms with E-state index in [0.29, 0.717) is 11.3 Å². The van der Waals surface area contributed by atoms with E-state index in [2.05, 4.69) is 61.7 Å². The molecule has 1 aliphatic rings. The van der Waals surface area contributed by atoms with Gasteiger partial charge in [0.05, 0.1) is 6.54 Å². The molecule has 0 aliphatic heterocycles. The average molecular weight is 273 g/mol. The van der Waals surface area contributed by atoms with Gasteiger partial charge in [-0.15, -0.1) is 0 Å². The maximum atomic E-state index is 4.79. The molecule has 0 heterocycles. The molecule has 0 saturated heterocycles. The Labute approximate surface area is 122 Å². The summed E-state index contributed by atoms with van der Waals surface area (Å²) >= 11 is 0. The number of nitrogens with zero attached hydrogens (tertiary/aromatic N) is 1. The highest BCUT2D eigenvalue weighted by Crippen LogP contribution is 2.48. The van der Waals surface area contributed by atoms with Gasteiger partial charge in [0.2, 0.25) is 0 Å². The van der Waals surface area contributed by atoms with Gasteiger partial charge in [-0.25, -0.2) is 0 Å². The Morgan fingerprint density at radius 2 is 1.90 bits per heavy atom. The Morgan fingerprint density at radius 1 is 1.20 bits per heavy atom. The first-order chi connectivity index (χ1) is 9.66. The Balaban J connectivity index is 1.98. The normalized spacial score (nSPS) is 17.1. The Morgan fingerprint density at radius 3 is 2.45 bits per heavy atom. The molecule has 0 spiro atoms. The summed E-state index contributed by atoms with van der Waals surface area (Å²) in [4.78, 5) is 4.79. The molecule has 0 unspecified atom stereocenters. The van der Waals surface area contributed by atoms with Crippen molar-refractivity contribution in [2.45, 2.75) is 39.0 Å². The van der Waals surface area contributed by atoms with Crippen LogP contribution < -0.4 is 10.6 Å². The highest BCUT2D eigenvalue weighted by molar-refractivity contribution is 5.79. The first kappa shape index (κ1) is 14.9. The predicted octanol–water partition coefficient (Wildman–Crippen LogP) is 2.93. The van der Waals surface area contributed by atoms with Crippen molar-refractivity contribution in [1.82, 2.24) is 10.6 Å². The average Bonchev–Trinajstić information content (AvgIpc) is 3.24. The van der Waals surface area contributed by atoms with E-state index < -0.39 is 0 Å². The minimum atomic E-state index is 0.293. The minimum Gasteiger partial charge on any atom is -0.357 e.